The summed E-state index contributed by atoms with van der Waals surface area (Å²) < 4.78 is 10.6. The second-order valence-electron chi connectivity index (χ2n) is 3.40. The van der Waals surface area contributed by atoms with Crippen LogP contribution in [0.25, 0.3) is 0 Å². The summed E-state index contributed by atoms with van der Waals surface area (Å²) in [5.41, 5.74) is 1.16. The Labute approximate surface area is 83.3 Å². The van der Waals surface area contributed by atoms with Crippen molar-refractivity contribution in [3.63, 3.8) is 0 Å². The highest BCUT2D eigenvalue weighted by molar-refractivity contribution is 5.13. The van der Waals surface area contributed by atoms with Gasteiger partial charge in [-0.3, -0.25) is 0 Å². The molecule has 0 amide bonds. The highest BCUT2D eigenvalue weighted by Gasteiger charge is 2.37. The zero-order chi connectivity index (χ0) is 9.80. The number of ether oxygens (including phenoxy) is 2. The maximum atomic E-state index is 8.71. The van der Waals surface area contributed by atoms with Crippen LogP contribution in [0.1, 0.15) is 5.56 Å². The highest BCUT2D eigenvalue weighted by Crippen LogP contribution is 2.21. The maximum absolute atomic E-state index is 8.71. The minimum Gasteiger partial charge on any atom is -0.394 e. The molecule has 14 heavy (non-hydrogen) atoms. The highest BCUT2D eigenvalue weighted by atomic mass is 16.6. The van der Waals surface area contributed by atoms with Gasteiger partial charge in [-0.1, -0.05) is 30.3 Å². The van der Waals surface area contributed by atoms with Crippen LogP contribution in [0.3, 0.4) is 0 Å². The molecule has 0 saturated carbocycles. The summed E-state index contributed by atoms with van der Waals surface area (Å²) in [6.07, 6.45) is 0.106. The van der Waals surface area contributed by atoms with Gasteiger partial charge in [0.1, 0.15) is 12.2 Å². The van der Waals surface area contributed by atoms with Crippen LogP contribution in [-0.2, 0) is 16.1 Å². The molecule has 76 valence electrons. The number of hydrogen-bond donors (Lipinski definition) is 1. The molecule has 1 aliphatic rings. The molecule has 1 unspecified atom stereocenters. The predicted octanol–water partition coefficient (Wildman–Crippen LogP) is 0.963. The van der Waals surface area contributed by atoms with Crippen molar-refractivity contribution in [1.82, 2.24) is 0 Å². The van der Waals surface area contributed by atoms with Crippen molar-refractivity contribution in [2.24, 2.45) is 0 Å². The van der Waals surface area contributed by atoms with Crippen molar-refractivity contribution < 1.29 is 14.6 Å². The smallest absolute Gasteiger partial charge is 0.110 e. The average molecular weight is 194 g/mol. The second-order valence-corrected chi connectivity index (χ2v) is 3.40. The zero-order valence-corrected chi connectivity index (χ0v) is 7.93. The van der Waals surface area contributed by atoms with Crippen molar-refractivity contribution in [3.8, 4) is 0 Å². The van der Waals surface area contributed by atoms with Crippen LogP contribution in [0, 0.1) is 0 Å². The van der Waals surface area contributed by atoms with Crippen LogP contribution in [0.15, 0.2) is 30.3 Å². The Morgan fingerprint density at radius 3 is 2.64 bits per heavy atom. The van der Waals surface area contributed by atoms with Crippen LogP contribution in [0.5, 0.6) is 0 Å². The quantitative estimate of drug-likeness (QED) is 0.710. The summed E-state index contributed by atoms with van der Waals surface area (Å²) in [4.78, 5) is 0. The van der Waals surface area contributed by atoms with E-state index in [4.69, 9.17) is 14.6 Å². The molecule has 2 atom stereocenters. The lowest BCUT2D eigenvalue weighted by molar-refractivity contribution is 0.104. The van der Waals surface area contributed by atoms with Crippen molar-refractivity contribution in [2.45, 2.75) is 18.8 Å². The molecule has 2 rings (SSSR count). The fourth-order valence-electron chi connectivity index (χ4n) is 1.35. The van der Waals surface area contributed by atoms with Gasteiger partial charge in [0.25, 0.3) is 0 Å². The summed E-state index contributed by atoms with van der Waals surface area (Å²) in [5, 5.41) is 8.71. The Bertz CT molecular complexity index is 273. The van der Waals surface area contributed by atoms with Gasteiger partial charge < -0.3 is 14.6 Å². The van der Waals surface area contributed by atoms with E-state index in [0.29, 0.717) is 13.2 Å². The minimum atomic E-state index is 0.00535. The summed E-state index contributed by atoms with van der Waals surface area (Å²) in [6.45, 7) is 1.28. The number of hydrogen-bond acceptors (Lipinski definition) is 3. The van der Waals surface area contributed by atoms with Crippen LogP contribution >= 0.6 is 0 Å². The Balaban J connectivity index is 1.64. The van der Waals surface area contributed by atoms with E-state index in [1.165, 1.54) is 0 Å². The lowest BCUT2D eigenvalue weighted by Crippen LogP contribution is -2.07. The minimum absolute atomic E-state index is 0.00535. The number of aliphatic hydroxyl groups is 1. The van der Waals surface area contributed by atoms with E-state index in [9.17, 15) is 0 Å². The van der Waals surface area contributed by atoms with Crippen molar-refractivity contribution in [3.05, 3.63) is 35.9 Å². The number of benzene rings is 1. The molecule has 1 heterocycles. The van der Waals surface area contributed by atoms with Crippen LogP contribution in [0.2, 0.25) is 0 Å². The third-order valence-electron chi connectivity index (χ3n) is 2.26. The van der Waals surface area contributed by atoms with E-state index < -0.39 is 0 Å². The fourth-order valence-corrected chi connectivity index (χ4v) is 1.35. The first-order valence-corrected chi connectivity index (χ1v) is 4.78. The van der Waals surface area contributed by atoms with Crippen LogP contribution in [0.4, 0.5) is 0 Å². The normalized spacial score (nSPS) is 24.9. The van der Waals surface area contributed by atoms with E-state index in [-0.39, 0.29) is 18.8 Å². The molecular formula is C11H14O3. The van der Waals surface area contributed by atoms with Gasteiger partial charge in [-0.15, -0.1) is 0 Å². The van der Waals surface area contributed by atoms with Gasteiger partial charge in [-0.2, -0.15) is 0 Å². The molecule has 1 aliphatic heterocycles. The third kappa shape index (κ3) is 2.54. The summed E-state index contributed by atoms with van der Waals surface area (Å²) >= 11 is 0. The van der Waals surface area contributed by atoms with Gasteiger partial charge >= 0.3 is 0 Å². The molecule has 3 nitrogen and oxygen atoms in total. The first-order valence-electron chi connectivity index (χ1n) is 4.78. The molecule has 1 aromatic carbocycles. The predicted molar refractivity (Wildman–Crippen MR) is 51.8 cm³/mol. The molecule has 0 aromatic heterocycles. The van der Waals surface area contributed by atoms with E-state index >= 15 is 0 Å². The van der Waals surface area contributed by atoms with E-state index in [0.717, 1.165) is 5.56 Å². The van der Waals surface area contributed by atoms with Crippen LogP contribution in [-0.4, -0.2) is 30.5 Å². The van der Waals surface area contributed by atoms with Gasteiger partial charge in [-0.05, 0) is 5.56 Å². The topological polar surface area (TPSA) is 42.0 Å². The molecule has 1 saturated heterocycles. The summed E-state index contributed by atoms with van der Waals surface area (Å²) in [6, 6.07) is 10.0. The van der Waals surface area contributed by atoms with Crippen molar-refractivity contribution in [1.29, 1.82) is 0 Å². The van der Waals surface area contributed by atoms with E-state index in [2.05, 4.69) is 0 Å². The van der Waals surface area contributed by atoms with Gasteiger partial charge in [0.2, 0.25) is 0 Å². The molecule has 0 aliphatic carbocycles. The average Bonchev–Trinajstić information content (AvgIpc) is 2.98. The number of epoxide rings is 1. The maximum Gasteiger partial charge on any atom is 0.110 e. The Hall–Kier alpha value is -0.900. The zero-order valence-electron chi connectivity index (χ0n) is 7.93. The second kappa shape index (κ2) is 4.55. The van der Waals surface area contributed by atoms with Crippen LogP contribution < -0.4 is 0 Å². The fraction of sp³-hybridized carbons (Fsp3) is 0.455. The Morgan fingerprint density at radius 2 is 2.00 bits per heavy atom. The largest absolute Gasteiger partial charge is 0.394 e. The Morgan fingerprint density at radius 1 is 1.21 bits per heavy atom. The molecule has 0 bridgehead atoms. The standard InChI is InChI=1S/C11H14O3/c12-6-10-11(14-10)8-13-7-9-4-2-1-3-5-9/h1-5,10-12H,6-8H2/t10-,11?/m0/s1. The van der Waals surface area contributed by atoms with Gasteiger partial charge in [-0.25, -0.2) is 0 Å². The Kier molecular flexibility index (Phi) is 3.14. The molecule has 3 heteroatoms. The van der Waals surface area contributed by atoms with Gasteiger partial charge in [0, 0.05) is 0 Å². The molecular weight excluding hydrogens is 180 g/mol. The van der Waals surface area contributed by atoms with E-state index in [1.807, 2.05) is 30.3 Å². The van der Waals surface area contributed by atoms with Crippen molar-refractivity contribution >= 4 is 0 Å². The third-order valence-corrected chi connectivity index (χ3v) is 2.26. The molecule has 0 radical (unpaired) electrons. The van der Waals surface area contributed by atoms with Gasteiger partial charge in [0.05, 0.1) is 19.8 Å². The van der Waals surface area contributed by atoms with E-state index in [1.54, 1.807) is 0 Å². The summed E-state index contributed by atoms with van der Waals surface area (Å²) in [5.74, 6) is 0. The first kappa shape index (κ1) is 9.65. The lowest BCUT2D eigenvalue weighted by Gasteiger charge is -2.01. The first-order chi connectivity index (χ1) is 6.90. The molecule has 1 aromatic rings. The molecule has 0 spiro atoms. The number of aliphatic hydroxyl groups excluding tert-OH is 1. The lowest BCUT2D eigenvalue weighted by atomic mass is 10.2. The molecule has 1 fully saturated rings. The molecule has 1 N–H and O–H groups in total. The SMILES string of the molecule is OC[C@@H]1OC1COCc1ccccc1. The monoisotopic (exact) mass is 194 g/mol. The van der Waals surface area contributed by atoms with Gasteiger partial charge in [0.15, 0.2) is 0 Å². The summed E-state index contributed by atoms with van der Waals surface area (Å²) in [7, 11) is 0. The van der Waals surface area contributed by atoms with Crippen molar-refractivity contribution in [2.75, 3.05) is 13.2 Å². The number of rotatable bonds is 5.